The largest absolute Gasteiger partial charge is 0.396 e. The van der Waals surface area contributed by atoms with Gasteiger partial charge in [0.25, 0.3) is 0 Å². The number of unbranched alkanes of at least 4 members (excludes halogenated alkanes) is 7. The third kappa shape index (κ3) is 48.9. The molecule has 0 aliphatic heterocycles. The van der Waals surface area contributed by atoms with E-state index in [-0.39, 0.29) is 0 Å². The van der Waals surface area contributed by atoms with Crippen LogP contribution in [0.4, 0.5) is 0 Å². The van der Waals surface area contributed by atoms with E-state index in [2.05, 4.69) is 96.4 Å². The Morgan fingerprint density at radius 2 is 0.974 bits per heavy atom. The van der Waals surface area contributed by atoms with Gasteiger partial charge < -0.3 is 15.3 Å². The van der Waals surface area contributed by atoms with Gasteiger partial charge in [-0.3, -0.25) is 0 Å². The lowest BCUT2D eigenvalue weighted by molar-refractivity contribution is 0.159. The van der Waals surface area contributed by atoms with Gasteiger partial charge in [-0.2, -0.15) is 0 Å². The molecule has 0 fully saturated rings. The number of aliphatic hydroxyl groups excluding tert-OH is 3. The highest BCUT2D eigenvalue weighted by molar-refractivity contribution is 4.78. The molecule has 0 aliphatic carbocycles. The molecule has 0 aliphatic rings. The number of hydrogen-bond acceptors (Lipinski definition) is 3. The highest BCUT2D eigenvalue weighted by Gasteiger charge is 2.26. The van der Waals surface area contributed by atoms with Crippen molar-refractivity contribution < 1.29 is 15.3 Å². The molecule has 0 amide bonds. The van der Waals surface area contributed by atoms with Crippen molar-refractivity contribution in [2.45, 2.75) is 173 Å². The molecule has 0 saturated carbocycles. The quantitative estimate of drug-likeness (QED) is 0.169. The van der Waals surface area contributed by atoms with Gasteiger partial charge in [0.05, 0.1) is 0 Å². The molecule has 3 nitrogen and oxygen atoms in total. The fraction of sp³-hybridized carbons (Fsp3) is 0.971. The lowest BCUT2D eigenvalue weighted by atomic mass is 9.72. The summed E-state index contributed by atoms with van der Waals surface area (Å²) in [5.41, 5.74) is 1.21. The zero-order valence-electron chi connectivity index (χ0n) is 28.9. The Hall–Kier alpha value is -0.120. The van der Waals surface area contributed by atoms with Crippen LogP contribution in [0.2, 0.25) is 0 Å². The summed E-state index contributed by atoms with van der Waals surface area (Å²) in [6, 6.07) is 0. The standard InChI is InChI=1S/C13H28O.2C9H20O.C4H9/c1-11(7-8-14)9-13(5,6)10-12(2,3)4;1-8(5-6-10)7-9(2,3)4;1-2-3-4-5-6-7-8-9-10;1-3-4-2/h11,14H,7-10H2,1-6H3;8,10H,5-7H2,1-4H3;10H,2-9H2,1H3;3H,4H2,1-2H3. The molecule has 0 spiro atoms. The Morgan fingerprint density at radius 3 is 1.29 bits per heavy atom. The van der Waals surface area contributed by atoms with Crippen molar-refractivity contribution in [1.29, 1.82) is 0 Å². The van der Waals surface area contributed by atoms with Gasteiger partial charge >= 0.3 is 0 Å². The van der Waals surface area contributed by atoms with Gasteiger partial charge in [0.15, 0.2) is 0 Å². The first kappa shape index (κ1) is 44.9. The second kappa shape index (κ2) is 28.4. The third-order valence-electron chi connectivity index (χ3n) is 6.28. The third-order valence-corrected chi connectivity index (χ3v) is 6.28. The molecule has 38 heavy (non-hydrogen) atoms. The smallest absolute Gasteiger partial charge is 0.0433 e. The Bertz CT molecular complexity index is 421. The fourth-order valence-corrected chi connectivity index (χ4v) is 5.21. The number of rotatable bonds is 16. The van der Waals surface area contributed by atoms with Gasteiger partial charge in [0.2, 0.25) is 0 Å². The van der Waals surface area contributed by atoms with Crippen LogP contribution in [0.3, 0.4) is 0 Å². The maximum absolute atomic E-state index is 8.87. The predicted molar refractivity (Wildman–Crippen MR) is 174 cm³/mol. The molecule has 3 N–H and O–H groups in total. The van der Waals surface area contributed by atoms with Crippen LogP contribution in [-0.2, 0) is 0 Å². The summed E-state index contributed by atoms with van der Waals surface area (Å²) < 4.78 is 0. The van der Waals surface area contributed by atoms with Crippen molar-refractivity contribution in [2.75, 3.05) is 19.8 Å². The lowest BCUT2D eigenvalue weighted by Gasteiger charge is -2.34. The molecule has 2 atom stereocenters. The van der Waals surface area contributed by atoms with Crippen LogP contribution in [-0.4, -0.2) is 35.1 Å². The molecule has 2 unspecified atom stereocenters. The van der Waals surface area contributed by atoms with Gasteiger partial charge in [-0.15, -0.1) is 0 Å². The second-order valence-corrected chi connectivity index (χ2v) is 14.8. The highest BCUT2D eigenvalue weighted by Crippen LogP contribution is 2.38. The van der Waals surface area contributed by atoms with Crippen molar-refractivity contribution in [3.63, 3.8) is 0 Å². The van der Waals surface area contributed by atoms with Crippen molar-refractivity contribution >= 4 is 0 Å². The fourth-order valence-electron chi connectivity index (χ4n) is 5.21. The van der Waals surface area contributed by atoms with Crippen molar-refractivity contribution in [3.05, 3.63) is 6.42 Å². The van der Waals surface area contributed by atoms with E-state index in [1.165, 1.54) is 64.2 Å². The van der Waals surface area contributed by atoms with E-state index in [0.29, 0.717) is 47.9 Å². The second-order valence-electron chi connectivity index (χ2n) is 14.8. The SMILES string of the molecule is CC(CCO)CC(C)(C)C.CC(CCO)CC(C)(C)CC(C)(C)C.CCCCCCCCCO.C[CH]CC. The van der Waals surface area contributed by atoms with E-state index in [9.17, 15) is 0 Å². The van der Waals surface area contributed by atoms with Crippen molar-refractivity contribution in [1.82, 2.24) is 0 Å². The highest BCUT2D eigenvalue weighted by atomic mass is 16.3. The average molecular weight is 546 g/mol. The zero-order valence-corrected chi connectivity index (χ0v) is 28.9. The van der Waals surface area contributed by atoms with Gasteiger partial charge in [-0.25, -0.2) is 0 Å². The normalized spacial score (nSPS) is 13.3. The van der Waals surface area contributed by atoms with E-state index in [1.54, 1.807) is 0 Å². The molecule has 0 bridgehead atoms. The summed E-state index contributed by atoms with van der Waals surface area (Å²) in [4.78, 5) is 0. The van der Waals surface area contributed by atoms with Gasteiger partial charge in [-0.1, -0.05) is 135 Å². The van der Waals surface area contributed by atoms with E-state index < -0.39 is 0 Å². The Labute approximate surface area is 243 Å². The predicted octanol–water partition coefficient (Wildman–Crippen LogP) is 10.6. The molecule has 235 valence electrons. The average Bonchev–Trinajstić information content (AvgIpc) is 2.74. The lowest BCUT2D eigenvalue weighted by Crippen LogP contribution is -2.23. The van der Waals surface area contributed by atoms with Gasteiger partial charge in [0, 0.05) is 19.8 Å². The number of hydrogen-bond donors (Lipinski definition) is 3. The number of aliphatic hydroxyl groups is 3. The summed E-state index contributed by atoms with van der Waals surface area (Å²) >= 11 is 0. The van der Waals surface area contributed by atoms with Crippen LogP contribution in [0.15, 0.2) is 0 Å². The molecule has 0 heterocycles. The van der Waals surface area contributed by atoms with Gasteiger partial charge in [-0.05, 0) is 73.0 Å². The maximum atomic E-state index is 8.87. The Kier molecular flexibility index (Phi) is 33.6. The van der Waals surface area contributed by atoms with Crippen LogP contribution in [0.25, 0.3) is 0 Å². The summed E-state index contributed by atoms with van der Waals surface area (Å²) in [5, 5.41) is 26.0. The Morgan fingerprint density at radius 1 is 0.579 bits per heavy atom. The molecule has 0 rings (SSSR count). The molecule has 0 saturated heterocycles. The van der Waals surface area contributed by atoms with E-state index >= 15 is 0 Å². The zero-order chi connectivity index (χ0) is 30.7. The summed E-state index contributed by atoms with van der Waals surface area (Å²) in [7, 11) is 0. The topological polar surface area (TPSA) is 60.7 Å². The summed E-state index contributed by atoms with van der Waals surface area (Å²) in [6.07, 6.45) is 17.8. The minimum absolute atomic E-state index is 0.326. The van der Waals surface area contributed by atoms with Crippen LogP contribution in [0, 0.1) is 34.5 Å². The first-order valence-corrected chi connectivity index (χ1v) is 16.1. The minimum Gasteiger partial charge on any atom is -0.396 e. The maximum Gasteiger partial charge on any atom is 0.0433 e. The summed E-state index contributed by atoms with van der Waals surface area (Å²) in [6.45, 7) is 30.1. The van der Waals surface area contributed by atoms with Crippen LogP contribution < -0.4 is 0 Å². The monoisotopic (exact) mass is 546 g/mol. The van der Waals surface area contributed by atoms with E-state index in [0.717, 1.165) is 19.3 Å². The molecular formula is C35H77O3. The molecule has 0 aromatic carbocycles. The van der Waals surface area contributed by atoms with E-state index in [4.69, 9.17) is 15.3 Å². The van der Waals surface area contributed by atoms with Gasteiger partial charge in [0.1, 0.15) is 0 Å². The first-order chi connectivity index (χ1) is 17.4. The van der Waals surface area contributed by atoms with Crippen LogP contribution in [0.5, 0.6) is 0 Å². The van der Waals surface area contributed by atoms with Crippen molar-refractivity contribution in [3.8, 4) is 0 Å². The van der Waals surface area contributed by atoms with Crippen LogP contribution >= 0.6 is 0 Å². The summed E-state index contributed by atoms with van der Waals surface area (Å²) in [5.74, 6) is 1.29. The van der Waals surface area contributed by atoms with E-state index in [1.807, 2.05) is 0 Å². The first-order valence-electron chi connectivity index (χ1n) is 16.1. The van der Waals surface area contributed by atoms with Crippen molar-refractivity contribution in [2.24, 2.45) is 28.1 Å². The van der Waals surface area contributed by atoms with Crippen LogP contribution in [0.1, 0.15) is 173 Å². The molecule has 3 heteroatoms. The molecule has 0 aromatic heterocycles. The molecular weight excluding hydrogens is 468 g/mol. The Balaban J connectivity index is -0.000000216. The molecule has 0 aromatic rings. The molecule has 1 radical (unpaired) electrons. The minimum atomic E-state index is 0.326.